The predicted molar refractivity (Wildman–Crippen MR) is 80.3 cm³/mol. The van der Waals surface area contributed by atoms with Crippen LogP contribution in [0.5, 0.6) is 0 Å². The maximum absolute atomic E-state index is 12.2. The van der Waals surface area contributed by atoms with Crippen LogP contribution in [0.4, 0.5) is 0 Å². The fourth-order valence-electron chi connectivity index (χ4n) is 2.48. The van der Waals surface area contributed by atoms with E-state index in [1.807, 2.05) is 6.92 Å². The number of piperidine rings is 1. The van der Waals surface area contributed by atoms with E-state index in [0.717, 1.165) is 31.0 Å². The minimum Gasteiger partial charge on any atom is -0.391 e. The van der Waals surface area contributed by atoms with Crippen LogP contribution in [0.15, 0.2) is 16.3 Å². The van der Waals surface area contributed by atoms with Crippen LogP contribution in [0.1, 0.15) is 31.1 Å². The van der Waals surface area contributed by atoms with Crippen LogP contribution in [0.3, 0.4) is 0 Å². The maximum atomic E-state index is 12.2. The largest absolute Gasteiger partial charge is 0.391 e. The monoisotopic (exact) mass is 318 g/mol. The Bertz CT molecular complexity index is 521. The summed E-state index contributed by atoms with van der Waals surface area (Å²) in [5.41, 5.74) is 0. The minimum atomic E-state index is -3.47. The van der Waals surface area contributed by atoms with E-state index in [-0.39, 0.29) is 16.9 Å². The number of hydrogen-bond donors (Lipinski definition) is 2. The van der Waals surface area contributed by atoms with Crippen LogP contribution in [0, 0.1) is 0 Å². The summed E-state index contributed by atoms with van der Waals surface area (Å²) in [4.78, 5) is 2.97. The fraction of sp³-hybridized carbons (Fsp3) is 0.692. The molecule has 5 nitrogen and oxygen atoms in total. The number of nitrogens with one attached hydrogen (secondary N) is 1. The molecule has 0 aliphatic carbocycles. The molecular weight excluding hydrogens is 296 g/mol. The third-order valence-corrected chi connectivity index (χ3v) is 6.55. The van der Waals surface area contributed by atoms with E-state index >= 15 is 0 Å². The number of sulfonamides is 1. The van der Waals surface area contributed by atoms with Crippen molar-refractivity contribution in [1.29, 1.82) is 0 Å². The van der Waals surface area contributed by atoms with E-state index in [1.54, 1.807) is 12.1 Å². The van der Waals surface area contributed by atoms with Gasteiger partial charge in [-0.25, -0.2) is 13.1 Å². The first-order chi connectivity index (χ1) is 9.51. The van der Waals surface area contributed by atoms with Gasteiger partial charge >= 0.3 is 0 Å². The molecule has 1 fully saturated rings. The van der Waals surface area contributed by atoms with E-state index in [0.29, 0.717) is 4.88 Å². The molecule has 0 spiro atoms. The molecule has 0 aromatic carbocycles. The molecule has 1 unspecified atom stereocenters. The van der Waals surface area contributed by atoms with Crippen LogP contribution in [0.25, 0.3) is 0 Å². The van der Waals surface area contributed by atoms with Gasteiger partial charge < -0.3 is 10.0 Å². The number of aliphatic hydroxyl groups excluding tert-OH is 1. The molecular formula is C13H22N2O3S2. The molecule has 0 saturated carbocycles. The summed E-state index contributed by atoms with van der Waals surface area (Å²) in [7, 11) is -3.47. The van der Waals surface area contributed by atoms with Gasteiger partial charge in [-0.15, -0.1) is 11.3 Å². The first-order valence-electron chi connectivity index (χ1n) is 6.95. The number of hydrogen-bond acceptors (Lipinski definition) is 5. The van der Waals surface area contributed by atoms with E-state index < -0.39 is 10.0 Å². The Kier molecular flexibility index (Phi) is 5.57. The van der Waals surface area contributed by atoms with Crippen molar-refractivity contribution in [3.63, 3.8) is 0 Å². The Labute approximate surface area is 124 Å². The molecule has 0 radical (unpaired) electrons. The summed E-state index contributed by atoms with van der Waals surface area (Å²) >= 11 is 1.11. The number of nitrogens with zero attached hydrogens (tertiary/aromatic N) is 1. The first-order valence-corrected chi connectivity index (χ1v) is 9.25. The molecule has 2 N–H and O–H groups in total. The zero-order chi connectivity index (χ0) is 14.6. The van der Waals surface area contributed by atoms with Gasteiger partial charge in [-0.2, -0.15) is 0 Å². The summed E-state index contributed by atoms with van der Waals surface area (Å²) in [6.45, 7) is 4.63. The highest BCUT2D eigenvalue weighted by molar-refractivity contribution is 7.91. The van der Waals surface area contributed by atoms with Crippen molar-refractivity contribution in [1.82, 2.24) is 9.62 Å². The third kappa shape index (κ3) is 4.26. The molecule has 2 heterocycles. The van der Waals surface area contributed by atoms with Crippen molar-refractivity contribution in [2.45, 2.75) is 43.0 Å². The lowest BCUT2D eigenvalue weighted by Crippen LogP contribution is -2.43. The molecule has 114 valence electrons. The Hall–Kier alpha value is -0.470. The highest BCUT2D eigenvalue weighted by atomic mass is 32.2. The lowest BCUT2D eigenvalue weighted by atomic mass is 10.1. The van der Waals surface area contributed by atoms with Crippen LogP contribution < -0.4 is 4.72 Å². The van der Waals surface area contributed by atoms with Gasteiger partial charge in [0, 0.05) is 17.5 Å². The second-order valence-electron chi connectivity index (χ2n) is 5.26. The molecule has 1 aromatic heterocycles. The average Bonchev–Trinajstić information content (AvgIpc) is 2.88. The summed E-state index contributed by atoms with van der Waals surface area (Å²) in [5, 5.41) is 9.00. The van der Waals surface area contributed by atoms with E-state index in [1.165, 1.54) is 19.3 Å². The number of likely N-dealkylation sites (tertiary alicyclic amines) is 1. The van der Waals surface area contributed by atoms with Crippen LogP contribution >= 0.6 is 11.3 Å². The molecule has 7 heteroatoms. The fourth-order valence-corrected chi connectivity index (χ4v) is 4.94. The van der Waals surface area contributed by atoms with Gasteiger partial charge in [-0.05, 0) is 45.0 Å². The summed E-state index contributed by atoms with van der Waals surface area (Å²) < 4.78 is 27.4. The molecule has 1 aliphatic heterocycles. The topological polar surface area (TPSA) is 69.6 Å². The lowest BCUT2D eigenvalue weighted by molar-refractivity contribution is 0.215. The smallest absolute Gasteiger partial charge is 0.250 e. The SMILES string of the molecule is CC(CN1CCCCC1)NS(=O)(=O)c1ccc(CO)s1. The predicted octanol–water partition coefficient (Wildman–Crippen LogP) is 1.39. The average molecular weight is 318 g/mol. The van der Waals surface area contributed by atoms with E-state index in [9.17, 15) is 8.42 Å². The molecule has 1 atom stereocenters. The van der Waals surface area contributed by atoms with Gasteiger partial charge in [0.05, 0.1) is 6.61 Å². The Balaban J connectivity index is 1.93. The lowest BCUT2D eigenvalue weighted by Gasteiger charge is -2.29. The highest BCUT2D eigenvalue weighted by Gasteiger charge is 2.21. The summed E-state index contributed by atoms with van der Waals surface area (Å²) in [5.74, 6) is 0. The highest BCUT2D eigenvalue weighted by Crippen LogP contribution is 2.21. The van der Waals surface area contributed by atoms with Crippen molar-refractivity contribution in [2.24, 2.45) is 0 Å². The van der Waals surface area contributed by atoms with Gasteiger partial charge in [0.15, 0.2) is 0 Å². The zero-order valence-electron chi connectivity index (χ0n) is 11.7. The van der Waals surface area contributed by atoms with Gasteiger partial charge in [-0.3, -0.25) is 0 Å². The van der Waals surface area contributed by atoms with Gasteiger partial charge in [0.1, 0.15) is 4.21 Å². The molecule has 1 saturated heterocycles. The number of thiophene rings is 1. The van der Waals surface area contributed by atoms with E-state index in [4.69, 9.17) is 5.11 Å². The van der Waals surface area contributed by atoms with Crippen molar-refractivity contribution >= 4 is 21.4 Å². The normalized spacial score (nSPS) is 19.1. The second kappa shape index (κ2) is 7.00. The summed E-state index contributed by atoms with van der Waals surface area (Å²) in [6.07, 6.45) is 3.67. The van der Waals surface area contributed by atoms with Crippen molar-refractivity contribution < 1.29 is 13.5 Å². The molecule has 20 heavy (non-hydrogen) atoms. The van der Waals surface area contributed by atoms with Gasteiger partial charge in [0.25, 0.3) is 0 Å². The van der Waals surface area contributed by atoms with Gasteiger partial charge in [0.2, 0.25) is 10.0 Å². The zero-order valence-corrected chi connectivity index (χ0v) is 13.3. The number of aliphatic hydroxyl groups is 1. The molecule has 0 bridgehead atoms. The van der Waals surface area contributed by atoms with Crippen LogP contribution in [-0.2, 0) is 16.6 Å². The molecule has 1 aliphatic rings. The van der Waals surface area contributed by atoms with Gasteiger partial charge in [-0.1, -0.05) is 6.42 Å². The standard InChI is InChI=1S/C13H22N2O3S2/c1-11(9-15-7-3-2-4-8-15)14-20(17,18)13-6-5-12(10-16)19-13/h5-6,11,14,16H,2-4,7-10H2,1H3. The Morgan fingerprint density at radius 2 is 2.05 bits per heavy atom. The van der Waals surface area contributed by atoms with Crippen LogP contribution in [0.2, 0.25) is 0 Å². The third-order valence-electron chi connectivity index (χ3n) is 3.39. The molecule has 0 amide bonds. The maximum Gasteiger partial charge on any atom is 0.250 e. The minimum absolute atomic E-state index is 0.113. The Morgan fingerprint density at radius 3 is 2.65 bits per heavy atom. The van der Waals surface area contributed by atoms with E-state index in [2.05, 4.69) is 9.62 Å². The summed E-state index contributed by atoms with van der Waals surface area (Å²) in [6, 6.07) is 3.08. The van der Waals surface area contributed by atoms with Crippen molar-refractivity contribution in [2.75, 3.05) is 19.6 Å². The van der Waals surface area contributed by atoms with Crippen molar-refractivity contribution in [3.05, 3.63) is 17.0 Å². The van der Waals surface area contributed by atoms with Crippen LogP contribution in [-0.4, -0.2) is 44.1 Å². The molecule has 1 aromatic rings. The first kappa shape index (κ1) is 15.9. The quantitative estimate of drug-likeness (QED) is 0.832. The Morgan fingerprint density at radius 1 is 1.35 bits per heavy atom. The second-order valence-corrected chi connectivity index (χ2v) is 8.37. The number of rotatable bonds is 6. The molecule has 2 rings (SSSR count). The van der Waals surface area contributed by atoms with Crippen molar-refractivity contribution in [3.8, 4) is 0 Å².